The summed E-state index contributed by atoms with van der Waals surface area (Å²) in [6, 6.07) is 17.8. The normalized spacial score (nSPS) is 13.9. The molecule has 0 aliphatic carbocycles. The molecule has 0 radical (unpaired) electrons. The maximum absolute atomic E-state index is 12.8. The molecule has 5 nitrogen and oxygen atoms in total. The van der Waals surface area contributed by atoms with Crippen molar-refractivity contribution in [3.8, 4) is 5.75 Å². The van der Waals surface area contributed by atoms with E-state index in [0.29, 0.717) is 24.5 Å². The van der Waals surface area contributed by atoms with Crippen molar-refractivity contribution in [1.82, 2.24) is 5.32 Å². The van der Waals surface area contributed by atoms with Crippen molar-refractivity contribution in [2.75, 3.05) is 11.9 Å². The van der Waals surface area contributed by atoms with Gasteiger partial charge in [-0.1, -0.05) is 44.2 Å². The van der Waals surface area contributed by atoms with E-state index in [2.05, 4.69) is 48.7 Å². The summed E-state index contributed by atoms with van der Waals surface area (Å²) in [5.41, 5.74) is 4.20. The number of amides is 2. The van der Waals surface area contributed by atoms with E-state index in [9.17, 15) is 9.59 Å². The second-order valence-corrected chi connectivity index (χ2v) is 9.49. The van der Waals surface area contributed by atoms with Gasteiger partial charge in [-0.05, 0) is 65.1 Å². The molecule has 0 saturated heterocycles. The maximum Gasteiger partial charge on any atom is 0.258 e. The quantitative estimate of drug-likeness (QED) is 0.503. The fourth-order valence-electron chi connectivity index (χ4n) is 3.89. The molecule has 32 heavy (non-hydrogen) atoms. The Morgan fingerprint density at radius 2 is 1.94 bits per heavy atom. The number of ether oxygens (including phenoxy) is 1. The van der Waals surface area contributed by atoms with Crippen LogP contribution in [0.15, 0.2) is 60.0 Å². The first-order valence-corrected chi connectivity index (χ1v) is 11.8. The Bertz CT molecular complexity index is 1070. The van der Waals surface area contributed by atoms with Crippen molar-refractivity contribution in [2.45, 2.75) is 39.2 Å². The average Bonchev–Trinajstić information content (AvgIpc) is 3.31. The minimum atomic E-state index is -0.210. The van der Waals surface area contributed by atoms with E-state index in [-0.39, 0.29) is 24.5 Å². The monoisotopic (exact) mass is 448 g/mol. The Hall–Kier alpha value is -3.12. The zero-order chi connectivity index (χ0) is 22.5. The van der Waals surface area contributed by atoms with Crippen LogP contribution in [0.2, 0.25) is 0 Å². The van der Waals surface area contributed by atoms with Gasteiger partial charge in [-0.2, -0.15) is 0 Å². The van der Waals surface area contributed by atoms with E-state index < -0.39 is 0 Å². The van der Waals surface area contributed by atoms with Gasteiger partial charge in [-0.25, -0.2) is 0 Å². The van der Waals surface area contributed by atoms with E-state index in [0.717, 1.165) is 28.1 Å². The second-order valence-electron chi connectivity index (χ2n) is 8.51. The van der Waals surface area contributed by atoms with Gasteiger partial charge >= 0.3 is 0 Å². The summed E-state index contributed by atoms with van der Waals surface area (Å²) in [4.78, 5) is 25.3. The van der Waals surface area contributed by atoms with Crippen LogP contribution in [0.25, 0.3) is 0 Å². The van der Waals surface area contributed by atoms with Gasteiger partial charge in [-0.3, -0.25) is 9.59 Å². The van der Waals surface area contributed by atoms with Crippen LogP contribution in [0.4, 0.5) is 5.69 Å². The third-order valence-corrected chi connectivity index (χ3v) is 6.37. The number of benzene rings is 2. The summed E-state index contributed by atoms with van der Waals surface area (Å²) in [5, 5.41) is 8.00. The number of aryl methyl sites for hydroxylation is 1. The van der Waals surface area contributed by atoms with Crippen molar-refractivity contribution >= 4 is 28.8 Å². The molecule has 1 aliphatic rings. The van der Waals surface area contributed by atoms with Gasteiger partial charge in [0.25, 0.3) is 5.91 Å². The number of thiophene rings is 1. The summed E-state index contributed by atoms with van der Waals surface area (Å²) in [6.07, 6.45) is 2.18. The lowest BCUT2D eigenvalue weighted by atomic mass is 9.99. The fraction of sp³-hybridized carbons (Fsp3) is 0.308. The minimum Gasteiger partial charge on any atom is -0.484 e. The molecule has 2 aromatic carbocycles. The van der Waals surface area contributed by atoms with E-state index in [4.69, 9.17) is 4.74 Å². The van der Waals surface area contributed by atoms with Crippen molar-refractivity contribution in [3.05, 3.63) is 81.5 Å². The predicted molar refractivity (Wildman–Crippen MR) is 128 cm³/mol. The van der Waals surface area contributed by atoms with Crippen molar-refractivity contribution in [1.29, 1.82) is 0 Å². The summed E-state index contributed by atoms with van der Waals surface area (Å²) in [5.74, 6) is 1.08. The molecule has 1 unspecified atom stereocenters. The molecule has 1 aliphatic heterocycles. The molecule has 4 rings (SSSR count). The van der Waals surface area contributed by atoms with Crippen LogP contribution in [-0.2, 0) is 22.4 Å². The molecule has 0 fully saturated rings. The van der Waals surface area contributed by atoms with Crippen LogP contribution in [0.5, 0.6) is 5.75 Å². The lowest BCUT2D eigenvalue weighted by Gasteiger charge is -2.20. The van der Waals surface area contributed by atoms with Gasteiger partial charge in [0.1, 0.15) is 5.75 Å². The van der Waals surface area contributed by atoms with Gasteiger partial charge in [-0.15, -0.1) is 11.3 Å². The Morgan fingerprint density at radius 3 is 2.66 bits per heavy atom. The first-order valence-electron chi connectivity index (χ1n) is 10.9. The van der Waals surface area contributed by atoms with Gasteiger partial charge in [0.15, 0.2) is 6.61 Å². The first kappa shape index (κ1) is 22.1. The SMILES string of the molecule is CC(C)Cc1ccc(C(NC(=O)COc2ccc3c(c2)CCC(=O)N3)c2cccs2)cc1. The number of carbonyl (C=O) groups is 2. The molecule has 6 heteroatoms. The van der Waals surface area contributed by atoms with Gasteiger partial charge in [0, 0.05) is 17.0 Å². The Morgan fingerprint density at radius 1 is 1.12 bits per heavy atom. The fourth-order valence-corrected chi connectivity index (χ4v) is 4.70. The van der Waals surface area contributed by atoms with Crippen LogP contribution in [0.1, 0.15) is 47.9 Å². The molecule has 0 saturated carbocycles. The lowest BCUT2D eigenvalue weighted by molar-refractivity contribution is -0.123. The smallest absolute Gasteiger partial charge is 0.258 e. The third kappa shape index (κ3) is 5.56. The standard InChI is InChI=1S/C26H28N2O3S/c1-17(2)14-18-5-7-19(8-6-18)26(23-4-3-13-32-23)28-25(30)16-31-21-10-11-22-20(15-21)9-12-24(29)27-22/h3-8,10-11,13,15,17,26H,9,12,14,16H2,1-2H3,(H,27,29)(H,28,30). The summed E-state index contributed by atoms with van der Waals surface area (Å²) < 4.78 is 5.76. The van der Waals surface area contributed by atoms with Crippen LogP contribution in [-0.4, -0.2) is 18.4 Å². The highest BCUT2D eigenvalue weighted by Gasteiger charge is 2.19. The number of hydrogen-bond acceptors (Lipinski definition) is 4. The van der Waals surface area contributed by atoms with Gasteiger partial charge in [0.05, 0.1) is 6.04 Å². The molecule has 2 heterocycles. The van der Waals surface area contributed by atoms with Crippen LogP contribution < -0.4 is 15.4 Å². The highest BCUT2D eigenvalue weighted by molar-refractivity contribution is 7.10. The summed E-state index contributed by atoms with van der Waals surface area (Å²) in [7, 11) is 0. The van der Waals surface area contributed by atoms with Crippen LogP contribution in [0, 0.1) is 5.92 Å². The third-order valence-electron chi connectivity index (χ3n) is 5.43. The number of rotatable bonds is 8. The molecule has 3 aromatic rings. The van der Waals surface area contributed by atoms with Crippen LogP contribution >= 0.6 is 11.3 Å². The molecule has 0 spiro atoms. The van der Waals surface area contributed by atoms with E-state index in [1.807, 2.05) is 29.6 Å². The van der Waals surface area contributed by atoms with Crippen molar-refractivity contribution in [2.24, 2.45) is 5.92 Å². The van der Waals surface area contributed by atoms with E-state index in [1.165, 1.54) is 5.56 Å². The summed E-state index contributed by atoms with van der Waals surface area (Å²) >= 11 is 1.62. The Kier molecular flexibility index (Phi) is 6.90. The van der Waals surface area contributed by atoms with Gasteiger partial charge in [0.2, 0.25) is 5.91 Å². The zero-order valence-electron chi connectivity index (χ0n) is 18.4. The maximum atomic E-state index is 12.8. The number of hydrogen-bond donors (Lipinski definition) is 2. The lowest BCUT2D eigenvalue weighted by Crippen LogP contribution is -2.33. The molecule has 2 amide bonds. The van der Waals surface area contributed by atoms with E-state index in [1.54, 1.807) is 17.4 Å². The molecule has 166 valence electrons. The van der Waals surface area contributed by atoms with E-state index >= 15 is 0 Å². The topological polar surface area (TPSA) is 67.4 Å². The molecule has 0 bridgehead atoms. The van der Waals surface area contributed by atoms with Crippen LogP contribution in [0.3, 0.4) is 0 Å². The Labute approximate surface area is 192 Å². The molecule has 2 N–H and O–H groups in total. The van der Waals surface area contributed by atoms with Crippen molar-refractivity contribution < 1.29 is 14.3 Å². The molecular formula is C26H28N2O3S. The largest absolute Gasteiger partial charge is 0.484 e. The average molecular weight is 449 g/mol. The van der Waals surface area contributed by atoms with Crippen molar-refractivity contribution in [3.63, 3.8) is 0 Å². The number of anilines is 1. The highest BCUT2D eigenvalue weighted by atomic mass is 32.1. The van der Waals surface area contributed by atoms with Gasteiger partial charge < -0.3 is 15.4 Å². The molecule has 1 atom stereocenters. The number of carbonyl (C=O) groups excluding carboxylic acids is 2. The number of fused-ring (bicyclic) bond motifs is 1. The second kappa shape index (κ2) is 10.0. The molecule has 1 aromatic heterocycles. The predicted octanol–water partition coefficient (Wildman–Crippen LogP) is 5.12. The minimum absolute atomic E-state index is 0.0300. The summed E-state index contributed by atoms with van der Waals surface area (Å²) in [6.45, 7) is 4.35. The number of nitrogens with one attached hydrogen (secondary N) is 2. The first-order chi connectivity index (χ1) is 15.5. The Balaban J connectivity index is 1.41. The zero-order valence-corrected chi connectivity index (χ0v) is 19.2. The highest BCUT2D eigenvalue weighted by Crippen LogP contribution is 2.28. The molecular weight excluding hydrogens is 420 g/mol.